The third-order valence-electron chi connectivity index (χ3n) is 7.32. The predicted molar refractivity (Wildman–Crippen MR) is 83.5 cm³/mol. The second-order valence-electron chi connectivity index (χ2n) is 9.11. The van der Waals surface area contributed by atoms with Crippen LogP contribution in [0.25, 0.3) is 0 Å². The normalized spacial score (nSPS) is 52.0. The van der Waals surface area contributed by atoms with Gasteiger partial charge in [0.1, 0.15) is 0 Å². The Bertz CT molecular complexity index is 458. The van der Waals surface area contributed by atoms with Crippen LogP contribution in [-0.4, -0.2) is 28.1 Å². The molecule has 0 unspecified atom stereocenters. The first kappa shape index (κ1) is 15.7. The number of aliphatic hydroxyl groups is 1. The molecular formula is C17H32N2O2. The van der Waals surface area contributed by atoms with E-state index < -0.39 is 5.79 Å². The van der Waals surface area contributed by atoms with Crippen molar-refractivity contribution >= 4 is 0 Å². The maximum atomic E-state index is 10.2. The Labute approximate surface area is 128 Å². The standard InChI is InChI=1S/C17H32N2O2/c1-13(2)11-10-16(12(18)6-7-17(13,16)19)9-8-15(11,5)21-14(3,4)20/h11-12,20H,6-10,18-19H2,1-5H3/t11-,12+,15+,16+,17-/m1/s1. The summed E-state index contributed by atoms with van der Waals surface area (Å²) in [5.41, 5.74) is 13.0. The minimum absolute atomic E-state index is 0.0301. The summed E-state index contributed by atoms with van der Waals surface area (Å²) in [4.78, 5) is 0. The molecule has 3 rings (SSSR count). The molecule has 5 atom stereocenters. The summed E-state index contributed by atoms with van der Waals surface area (Å²) in [6.45, 7) is 10.2. The second-order valence-corrected chi connectivity index (χ2v) is 9.11. The van der Waals surface area contributed by atoms with Crippen molar-refractivity contribution in [1.82, 2.24) is 0 Å². The fourth-order valence-electron chi connectivity index (χ4n) is 6.29. The lowest BCUT2D eigenvalue weighted by molar-refractivity contribution is -0.270. The van der Waals surface area contributed by atoms with Gasteiger partial charge in [-0.15, -0.1) is 0 Å². The Morgan fingerprint density at radius 3 is 2.33 bits per heavy atom. The summed E-state index contributed by atoms with van der Waals surface area (Å²) in [5, 5.41) is 10.2. The quantitative estimate of drug-likeness (QED) is 0.682. The molecule has 1 spiro atoms. The van der Waals surface area contributed by atoms with Crippen molar-refractivity contribution < 1.29 is 9.84 Å². The summed E-state index contributed by atoms with van der Waals surface area (Å²) in [6.07, 6.45) is 5.02. The van der Waals surface area contributed by atoms with Gasteiger partial charge in [-0.2, -0.15) is 0 Å². The van der Waals surface area contributed by atoms with Crippen LogP contribution in [0.5, 0.6) is 0 Å². The SMILES string of the molecule is CC(C)(O)O[C@@]1(C)CC[C@@]23C[C@@H]1C(C)(C)[C@]2(N)CC[C@@H]3N. The van der Waals surface area contributed by atoms with Crippen LogP contribution in [0.3, 0.4) is 0 Å². The third-order valence-corrected chi connectivity index (χ3v) is 7.32. The van der Waals surface area contributed by atoms with Crippen LogP contribution < -0.4 is 11.5 Å². The zero-order valence-electron chi connectivity index (χ0n) is 14.2. The van der Waals surface area contributed by atoms with Crippen LogP contribution >= 0.6 is 0 Å². The molecule has 3 saturated carbocycles. The van der Waals surface area contributed by atoms with Gasteiger partial charge in [0.2, 0.25) is 0 Å². The summed E-state index contributed by atoms with van der Waals surface area (Å²) in [7, 11) is 0. The third kappa shape index (κ3) is 1.76. The Morgan fingerprint density at radius 1 is 1.14 bits per heavy atom. The smallest absolute Gasteiger partial charge is 0.160 e. The molecule has 5 N–H and O–H groups in total. The van der Waals surface area contributed by atoms with E-state index in [1.807, 2.05) is 0 Å². The van der Waals surface area contributed by atoms with Crippen LogP contribution in [0, 0.1) is 16.7 Å². The lowest BCUT2D eigenvalue weighted by atomic mass is 9.64. The van der Waals surface area contributed by atoms with Crippen molar-refractivity contribution in [3.8, 4) is 0 Å². The van der Waals surface area contributed by atoms with Gasteiger partial charge in [0.15, 0.2) is 5.79 Å². The average molecular weight is 296 g/mol. The van der Waals surface area contributed by atoms with Crippen LogP contribution in [0.1, 0.15) is 66.7 Å². The molecule has 2 bridgehead atoms. The average Bonchev–Trinajstić information content (AvgIpc) is 2.64. The monoisotopic (exact) mass is 296 g/mol. The Morgan fingerprint density at radius 2 is 1.76 bits per heavy atom. The van der Waals surface area contributed by atoms with Crippen molar-refractivity contribution in [3.63, 3.8) is 0 Å². The molecule has 0 aromatic carbocycles. The van der Waals surface area contributed by atoms with Crippen LogP contribution in [0.4, 0.5) is 0 Å². The second kappa shape index (κ2) is 4.02. The predicted octanol–water partition coefficient (Wildman–Crippen LogP) is 2.13. The first-order valence-corrected chi connectivity index (χ1v) is 8.35. The summed E-state index contributed by atoms with van der Waals surface area (Å²) >= 11 is 0. The highest BCUT2D eigenvalue weighted by molar-refractivity contribution is 5.29. The molecule has 21 heavy (non-hydrogen) atoms. The molecule has 3 aliphatic carbocycles. The Kier molecular flexibility index (Phi) is 3.01. The van der Waals surface area contributed by atoms with E-state index in [-0.39, 0.29) is 28.0 Å². The van der Waals surface area contributed by atoms with E-state index in [1.54, 1.807) is 13.8 Å². The molecule has 4 heteroatoms. The minimum atomic E-state index is -1.11. The summed E-state index contributed by atoms with van der Waals surface area (Å²) in [6, 6.07) is 0.207. The van der Waals surface area contributed by atoms with Gasteiger partial charge in [0.25, 0.3) is 0 Å². The maximum Gasteiger partial charge on any atom is 0.160 e. The lowest BCUT2D eigenvalue weighted by Crippen LogP contribution is -2.59. The fraction of sp³-hybridized carbons (Fsp3) is 1.00. The van der Waals surface area contributed by atoms with Crippen LogP contribution in [0.15, 0.2) is 0 Å². The van der Waals surface area contributed by atoms with Crippen molar-refractivity contribution in [2.45, 2.75) is 89.7 Å². The van der Waals surface area contributed by atoms with Gasteiger partial charge in [-0.3, -0.25) is 0 Å². The Hall–Kier alpha value is -0.160. The minimum Gasteiger partial charge on any atom is -0.366 e. The highest BCUT2D eigenvalue weighted by Gasteiger charge is 2.75. The molecule has 3 aliphatic rings. The molecule has 0 aromatic rings. The van der Waals surface area contributed by atoms with E-state index in [9.17, 15) is 5.11 Å². The number of fused-ring (bicyclic) bond motifs is 1. The van der Waals surface area contributed by atoms with E-state index in [1.165, 1.54) is 0 Å². The first-order valence-electron chi connectivity index (χ1n) is 8.35. The van der Waals surface area contributed by atoms with Crippen molar-refractivity contribution in [1.29, 1.82) is 0 Å². The maximum absolute atomic E-state index is 10.2. The number of nitrogens with two attached hydrogens (primary N) is 2. The largest absolute Gasteiger partial charge is 0.366 e. The Balaban J connectivity index is 2.03. The first-order chi connectivity index (χ1) is 9.38. The molecule has 4 nitrogen and oxygen atoms in total. The number of hydrogen-bond acceptors (Lipinski definition) is 4. The summed E-state index contributed by atoms with van der Waals surface area (Å²) < 4.78 is 6.13. The number of hydrogen-bond donors (Lipinski definition) is 3. The lowest BCUT2D eigenvalue weighted by Gasteiger charge is -2.49. The molecule has 0 aliphatic heterocycles. The van der Waals surface area contributed by atoms with Gasteiger partial charge in [-0.1, -0.05) is 13.8 Å². The van der Waals surface area contributed by atoms with Gasteiger partial charge in [-0.05, 0) is 64.2 Å². The molecule has 3 fully saturated rings. The van der Waals surface area contributed by atoms with Crippen molar-refractivity contribution in [2.75, 3.05) is 0 Å². The van der Waals surface area contributed by atoms with Crippen molar-refractivity contribution in [3.05, 3.63) is 0 Å². The molecular weight excluding hydrogens is 264 g/mol. The molecule has 0 saturated heterocycles. The number of ether oxygens (including phenoxy) is 1. The van der Waals surface area contributed by atoms with Crippen LogP contribution in [-0.2, 0) is 4.74 Å². The van der Waals surface area contributed by atoms with Gasteiger partial charge >= 0.3 is 0 Å². The van der Waals surface area contributed by atoms with E-state index in [0.717, 1.165) is 32.1 Å². The number of rotatable bonds is 2. The van der Waals surface area contributed by atoms with Gasteiger partial charge in [-0.25, -0.2) is 0 Å². The van der Waals surface area contributed by atoms with Crippen molar-refractivity contribution in [2.24, 2.45) is 28.2 Å². The molecule has 0 heterocycles. The van der Waals surface area contributed by atoms with Gasteiger partial charge in [0.05, 0.1) is 5.60 Å². The molecule has 0 aromatic heterocycles. The van der Waals surface area contributed by atoms with Gasteiger partial charge < -0.3 is 21.3 Å². The zero-order chi connectivity index (χ0) is 15.9. The zero-order valence-corrected chi connectivity index (χ0v) is 14.2. The van der Waals surface area contributed by atoms with Crippen LogP contribution in [0.2, 0.25) is 0 Å². The highest BCUT2D eigenvalue weighted by atomic mass is 16.6. The molecule has 0 amide bonds. The van der Waals surface area contributed by atoms with E-state index in [0.29, 0.717) is 5.92 Å². The molecule has 0 radical (unpaired) electrons. The fourth-order valence-corrected chi connectivity index (χ4v) is 6.29. The van der Waals surface area contributed by atoms with E-state index in [4.69, 9.17) is 16.2 Å². The van der Waals surface area contributed by atoms with Gasteiger partial charge in [0, 0.05) is 17.0 Å². The topological polar surface area (TPSA) is 81.5 Å². The van der Waals surface area contributed by atoms with E-state index >= 15 is 0 Å². The highest BCUT2D eigenvalue weighted by Crippen LogP contribution is 2.72. The van der Waals surface area contributed by atoms with E-state index in [2.05, 4.69) is 20.8 Å². The molecule has 122 valence electrons. The summed E-state index contributed by atoms with van der Waals surface area (Å²) in [5.74, 6) is -0.779.